The fourth-order valence-electron chi connectivity index (χ4n) is 6.70. The monoisotopic (exact) mass is 692 g/mol. The van der Waals surface area contributed by atoms with Gasteiger partial charge in [0.25, 0.3) is 0 Å². The molecule has 50 heavy (non-hydrogen) atoms. The summed E-state index contributed by atoms with van der Waals surface area (Å²) in [7, 11) is 0. The van der Waals surface area contributed by atoms with Gasteiger partial charge in [-0.25, -0.2) is 9.78 Å². The summed E-state index contributed by atoms with van der Waals surface area (Å²) >= 11 is 0. The second-order valence-corrected chi connectivity index (χ2v) is 13.7. The summed E-state index contributed by atoms with van der Waals surface area (Å²) in [6.45, 7) is 13.9. The number of carbonyl (C=O) groups is 2. The predicted octanol–water partition coefficient (Wildman–Crippen LogP) is 7.24. The number of unbranched alkanes of at least 4 members (excludes halogenated alkanes) is 1. The first-order chi connectivity index (χ1) is 24.4. The number of nitrogens with zero attached hydrogens (tertiary/aromatic N) is 5. The van der Waals surface area contributed by atoms with Gasteiger partial charge < -0.3 is 24.1 Å². The fourth-order valence-corrected chi connectivity index (χ4v) is 6.70. The normalized spacial score (nSPS) is 15.5. The van der Waals surface area contributed by atoms with Gasteiger partial charge in [-0.15, -0.1) is 0 Å². The zero-order chi connectivity index (χ0) is 35.4. The number of hydrogen-bond donors (Lipinski definition) is 1. The second-order valence-electron chi connectivity index (χ2n) is 13.7. The summed E-state index contributed by atoms with van der Waals surface area (Å²) in [5, 5.41) is 0. The summed E-state index contributed by atoms with van der Waals surface area (Å²) in [5.41, 5.74) is 3.59. The van der Waals surface area contributed by atoms with E-state index < -0.39 is 12.4 Å². The molecular formula is C39H60N6O5. The van der Waals surface area contributed by atoms with Crippen molar-refractivity contribution in [3.8, 4) is 0 Å². The Kier molecular flexibility index (Phi) is 17.5. The summed E-state index contributed by atoms with van der Waals surface area (Å²) in [6.07, 6.45) is 16.3. The number of aromatic nitrogens is 2. The highest BCUT2D eigenvalue weighted by atomic mass is 16.8. The Morgan fingerprint density at radius 3 is 2.14 bits per heavy atom. The molecule has 1 N–H and O–H groups in total. The Morgan fingerprint density at radius 1 is 0.840 bits per heavy atom. The van der Waals surface area contributed by atoms with Crippen LogP contribution in [0, 0.1) is 0 Å². The molecule has 1 unspecified atom stereocenters. The third-order valence-corrected chi connectivity index (χ3v) is 9.17. The molecule has 2 aromatic rings. The average molecular weight is 693 g/mol. The smallest absolute Gasteiger partial charge is 0.431 e. The molecule has 11 heteroatoms. The van der Waals surface area contributed by atoms with E-state index in [1.165, 1.54) is 17.5 Å². The number of nitrogens with one attached hydrogen (secondary N) is 1. The van der Waals surface area contributed by atoms with Gasteiger partial charge in [-0.1, -0.05) is 50.6 Å². The zero-order valence-corrected chi connectivity index (χ0v) is 30.7. The van der Waals surface area contributed by atoms with Gasteiger partial charge in [0.1, 0.15) is 11.9 Å². The molecule has 1 fully saturated rings. The van der Waals surface area contributed by atoms with E-state index in [2.05, 4.69) is 73.8 Å². The van der Waals surface area contributed by atoms with Crippen LogP contribution in [0.5, 0.6) is 0 Å². The molecule has 276 valence electrons. The number of imidazole rings is 1. The Bertz CT molecular complexity index is 1300. The van der Waals surface area contributed by atoms with Crippen molar-refractivity contribution < 1.29 is 23.8 Å². The lowest BCUT2D eigenvalue weighted by atomic mass is 9.98. The van der Waals surface area contributed by atoms with Crippen molar-refractivity contribution in [1.82, 2.24) is 24.7 Å². The number of ether oxygens (including phenoxy) is 3. The predicted molar refractivity (Wildman–Crippen MR) is 196 cm³/mol. The molecule has 1 aliphatic heterocycles. The van der Waals surface area contributed by atoms with E-state index in [0.29, 0.717) is 6.54 Å². The van der Waals surface area contributed by atoms with Crippen molar-refractivity contribution in [3.63, 3.8) is 0 Å². The molecule has 1 aromatic heterocycles. The van der Waals surface area contributed by atoms with Crippen molar-refractivity contribution in [2.45, 2.75) is 123 Å². The van der Waals surface area contributed by atoms with Crippen molar-refractivity contribution in [3.05, 3.63) is 65.9 Å². The van der Waals surface area contributed by atoms with Crippen molar-refractivity contribution in [1.29, 1.82) is 0 Å². The van der Waals surface area contributed by atoms with E-state index in [-0.39, 0.29) is 18.5 Å². The van der Waals surface area contributed by atoms with Crippen LogP contribution in [0.3, 0.4) is 0 Å². The van der Waals surface area contributed by atoms with Crippen LogP contribution in [0.25, 0.3) is 0 Å². The van der Waals surface area contributed by atoms with Crippen LogP contribution in [-0.2, 0) is 38.6 Å². The molecule has 1 saturated carbocycles. The number of aromatic amines is 1. The van der Waals surface area contributed by atoms with Crippen molar-refractivity contribution in [2.75, 3.05) is 39.3 Å². The van der Waals surface area contributed by atoms with Gasteiger partial charge in [-0.05, 0) is 88.7 Å². The summed E-state index contributed by atoms with van der Waals surface area (Å²) < 4.78 is 16.1. The molecule has 1 atom stereocenters. The molecule has 0 amide bonds. The van der Waals surface area contributed by atoms with Gasteiger partial charge in [0, 0.05) is 63.8 Å². The lowest BCUT2D eigenvalue weighted by Gasteiger charge is -2.25. The summed E-state index contributed by atoms with van der Waals surface area (Å²) in [5.74, 6) is 0.550. The summed E-state index contributed by atoms with van der Waals surface area (Å²) in [6, 6.07) is 8.78. The lowest BCUT2D eigenvalue weighted by molar-refractivity contribution is -0.169. The Labute approximate surface area is 299 Å². The zero-order valence-electron chi connectivity index (χ0n) is 30.7. The Hall–Kier alpha value is -3.54. The number of allylic oxidation sites excluding steroid dienone is 1. The second kappa shape index (κ2) is 22.3. The minimum atomic E-state index is -0.993. The maximum atomic E-state index is 12.8. The van der Waals surface area contributed by atoms with Crippen LogP contribution in [0.1, 0.15) is 108 Å². The Morgan fingerprint density at radius 2 is 1.52 bits per heavy atom. The average Bonchev–Trinajstić information content (AvgIpc) is 3.81. The maximum absolute atomic E-state index is 12.8. The molecule has 1 aliphatic carbocycles. The topological polar surface area (TPSA) is 113 Å². The van der Waals surface area contributed by atoms with Crippen LogP contribution in [0.15, 0.2) is 53.9 Å². The maximum Gasteiger partial charge on any atom is 0.511 e. The van der Waals surface area contributed by atoms with Crippen LogP contribution < -0.4 is 0 Å². The van der Waals surface area contributed by atoms with Crippen LogP contribution >= 0.6 is 0 Å². The molecular weight excluding hydrogens is 632 g/mol. The standard InChI is InChI=1S/C39H60N6O5/c1-4-23-43(24-5-2)25-9-10-26-44(27-19-38(46)48-32(3)49-39(47)50-36-13-7-6-8-14-36)28-33-15-17-34(18-16-33)29-45(30-35-12-11-20-40-35)31-37-41-21-22-42-37/h11,15-18,20-22,32,36H,4-10,12-14,19,23-31H2,1-3H3,(H,41,42). The molecule has 2 aliphatic rings. The molecule has 2 heterocycles. The molecule has 11 nitrogen and oxygen atoms in total. The van der Waals surface area contributed by atoms with Gasteiger partial charge in [-0.2, -0.15) is 0 Å². The van der Waals surface area contributed by atoms with E-state index in [0.717, 1.165) is 122 Å². The molecule has 0 bridgehead atoms. The first kappa shape index (κ1) is 39.2. The van der Waals surface area contributed by atoms with E-state index in [4.69, 9.17) is 14.2 Å². The van der Waals surface area contributed by atoms with Gasteiger partial charge in [0.15, 0.2) is 0 Å². The third-order valence-electron chi connectivity index (χ3n) is 9.17. The number of rotatable bonds is 23. The SMILES string of the molecule is CCCN(CCC)CCCCN(CCC(=O)OC(C)OC(=O)OC1CCCCC1)Cc1ccc(CN(CC2=NC=CC2)Cc2ncc[nH]2)cc1. The van der Waals surface area contributed by atoms with Crippen LogP contribution in [0.4, 0.5) is 4.79 Å². The van der Waals surface area contributed by atoms with Crippen molar-refractivity contribution >= 4 is 17.8 Å². The minimum Gasteiger partial charge on any atom is -0.431 e. The first-order valence-electron chi connectivity index (χ1n) is 18.9. The number of H-pyrrole nitrogens is 1. The number of carbonyl (C=O) groups excluding carboxylic acids is 2. The first-order valence-corrected chi connectivity index (χ1v) is 18.9. The number of hydrogen-bond acceptors (Lipinski definition) is 10. The van der Waals surface area contributed by atoms with Gasteiger partial charge in [-0.3, -0.25) is 19.6 Å². The third kappa shape index (κ3) is 15.1. The van der Waals surface area contributed by atoms with Gasteiger partial charge in [0.05, 0.1) is 13.0 Å². The minimum absolute atomic E-state index is 0.108. The van der Waals surface area contributed by atoms with E-state index in [9.17, 15) is 9.59 Å². The molecule has 1 aromatic carbocycles. The van der Waals surface area contributed by atoms with Gasteiger partial charge in [0.2, 0.25) is 6.29 Å². The van der Waals surface area contributed by atoms with Crippen LogP contribution in [-0.4, -0.2) is 94.2 Å². The van der Waals surface area contributed by atoms with E-state index in [1.54, 1.807) is 13.1 Å². The highest BCUT2D eigenvalue weighted by Gasteiger charge is 2.22. The summed E-state index contributed by atoms with van der Waals surface area (Å²) in [4.78, 5) is 44.5. The van der Waals surface area contributed by atoms with E-state index in [1.807, 2.05) is 12.4 Å². The van der Waals surface area contributed by atoms with Crippen molar-refractivity contribution in [2.24, 2.45) is 4.99 Å². The largest absolute Gasteiger partial charge is 0.511 e. The number of aliphatic imine (C=N–C) groups is 1. The Balaban J connectivity index is 1.29. The fraction of sp³-hybridized carbons (Fsp3) is 0.641. The highest BCUT2D eigenvalue weighted by molar-refractivity contribution is 5.89. The molecule has 4 rings (SSSR count). The number of esters is 1. The van der Waals surface area contributed by atoms with Crippen LogP contribution in [0.2, 0.25) is 0 Å². The highest BCUT2D eigenvalue weighted by Crippen LogP contribution is 2.21. The van der Waals surface area contributed by atoms with Gasteiger partial charge >= 0.3 is 12.1 Å². The quantitative estimate of drug-likeness (QED) is 0.0732. The number of benzene rings is 1. The lowest BCUT2D eigenvalue weighted by Crippen LogP contribution is -2.31. The van der Waals surface area contributed by atoms with E-state index >= 15 is 0 Å². The molecule has 0 radical (unpaired) electrons. The molecule has 0 spiro atoms. The molecule has 0 saturated heterocycles.